The van der Waals surface area contributed by atoms with Crippen LogP contribution >= 0.6 is 11.8 Å². The number of nitrogens with one attached hydrogen (secondary N) is 2. The fourth-order valence-corrected chi connectivity index (χ4v) is 2.10. The molecule has 0 spiro atoms. The molecule has 0 aliphatic rings. The van der Waals surface area contributed by atoms with E-state index in [0.29, 0.717) is 10.6 Å². The Bertz CT molecular complexity index is 515. The zero-order chi connectivity index (χ0) is 15.3. The zero-order valence-corrected chi connectivity index (χ0v) is 12.4. The summed E-state index contributed by atoms with van der Waals surface area (Å²) in [4.78, 5) is 23.5. The highest BCUT2D eigenvalue weighted by Crippen LogP contribution is 2.25. The largest absolute Gasteiger partial charge is 0.398 e. The van der Waals surface area contributed by atoms with Crippen molar-refractivity contribution in [2.45, 2.75) is 31.2 Å². The van der Waals surface area contributed by atoms with Gasteiger partial charge in [0.15, 0.2) is 0 Å². The Morgan fingerprint density at radius 1 is 1.35 bits per heavy atom. The minimum Gasteiger partial charge on any atom is -0.398 e. The highest BCUT2D eigenvalue weighted by Gasteiger charge is 2.16. The zero-order valence-electron chi connectivity index (χ0n) is 11.6. The average Bonchev–Trinajstić information content (AvgIpc) is 2.27. The predicted octanol–water partition coefficient (Wildman–Crippen LogP) is 2.12. The average molecular weight is 299 g/mol. The van der Waals surface area contributed by atoms with Gasteiger partial charge in [0.25, 0.3) is 0 Å². The van der Waals surface area contributed by atoms with Crippen LogP contribution in [0.4, 0.5) is 14.9 Å². The molecule has 0 aliphatic carbocycles. The third-order valence-corrected chi connectivity index (χ3v) is 3.15. The molecule has 0 bridgehead atoms. The smallest absolute Gasteiger partial charge is 0.321 e. The van der Waals surface area contributed by atoms with Crippen LogP contribution in [-0.2, 0) is 4.79 Å². The van der Waals surface area contributed by atoms with Crippen molar-refractivity contribution in [2.75, 3.05) is 11.5 Å². The van der Waals surface area contributed by atoms with Gasteiger partial charge in [-0.05, 0) is 39.0 Å². The minimum absolute atomic E-state index is 0.0226. The molecular weight excluding hydrogens is 281 g/mol. The Kier molecular flexibility index (Phi) is 5.38. The SMILES string of the molecule is CC(C)(C)NC(=O)NC(=O)CSc1cc(F)ccc1N. The van der Waals surface area contributed by atoms with Crippen molar-refractivity contribution in [1.29, 1.82) is 0 Å². The maximum Gasteiger partial charge on any atom is 0.321 e. The van der Waals surface area contributed by atoms with E-state index in [9.17, 15) is 14.0 Å². The number of nitrogens with two attached hydrogens (primary N) is 1. The highest BCUT2D eigenvalue weighted by molar-refractivity contribution is 8.00. The van der Waals surface area contributed by atoms with Crippen LogP contribution in [0.1, 0.15) is 20.8 Å². The van der Waals surface area contributed by atoms with E-state index in [-0.39, 0.29) is 5.75 Å². The van der Waals surface area contributed by atoms with E-state index < -0.39 is 23.3 Å². The number of urea groups is 1. The van der Waals surface area contributed by atoms with Crippen LogP contribution in [0.5, 0.6) is 0 Å². The van der Waals surface area contributed by atoms with Gasteiger partial charge in [0.2, 0.25) is 5.91 Å². The first kappa shape index (κ1) is 16.3. The Balaban J connectivity index is 2.48. The van der Waals surface area contributed by atoms with Crippen molar-refractivity contribution >= 4 is 29.4 Å². The molecule has 0 heterocycles. The van der Waals surface area contributed by atoms with Crippen molar-refractivity contribution in [3.63, 3.8) is 0 Å². The van der Waals surface area contributed by atoms with E-state index in [2.05, 4.69) is 10.6 Å². The molecular formula is C13H18FN3O2S. The minimum atomic E-state index is -0.560. The Morgan fingerprint density at radius 2 is 2.00 bits per heavy atom. The lowest BCUT2D eigenvalue weighted by molar-refractivity contribution is -0.117. The van der Waals surface area contributed by atoms with Crippen LogP contribution in [0, 0.1) is 5.82 Å². The first-order valence-electron chi connectivity index (χ1n) is 5.97. The van der Waals surface area contributed by atoms with Crippen LogP contribution in [0.3, 0.4) is 0 Å². The summed E-state index contributed by atoms with van der Waals surface area (Å²) in [6.07, 6.45) is 0. The van der Waals surface area contributed by atoms with E-state index >= 15 is 0 Å². The number of carbonyl (C=O) groups is 2. The molecule has 0 unspecified atom stereocenters. The van der Waals surface area contributed by atoms with Gasteiger partial charge in [-0.15, -0.1) is 11.8 Å². The maximum atomic E-state index is 13.0. The molecule has 3 amide bonds. The summed E-state index contributed by atoms with van der Waals surface area (Å²) in [5.74, 6) is -0.918. The summed E-state index contributed by atoms with van der Waals surface area (Å²) in [7, 11) is 0. The van der Waals surface area contributed by atoms with Gasteiger partial charge in [-0.1, -0.05) is 0 Å². The topological polar surface area (TPSA) is 84.2 Å². The number of hydrogen-bond donors (Lipinski definition) is 3. The Morgan fingerprint density at radius 3 is 2.60 bits per heavy atom. The second-order valence-corrected chi connectivity index (χ2v) is 6.24. The van der Waals surface area contributed by atoms with Crippen molar-refractivity contribution in [2.24, 2.45) is 0 Å². The summed E-state index contributed by atoms with van der Waals surface area (Å²) in [5, 5.41) is 4.80. The molecule has 0 saturated heterocycles. The molecule has 7 heteroatoms. The lowest BCUT2D eigenvalue weighted by Crippen LogP contribution is -2.48. The van der Waals surface area contributed by atoms with Gasteiger partial charge in [0.1, 0.15) is 5.82 Å². The number of amides is 3. The maximum absolute atomic E-state index is 13.0. The molecule has 0 aliphatic heterocycles. The van der Waals surface area contributed by atoms with Crippen LogP contribution in [0.25, 0.3) is 0 Å². The number of benzene rings is 1. The molecule has 1 rings (SSSR count). The normalized spacial score (nSPS) is 11.0. The molecule has 0 atom stereocenters. The van der Waals surface area contributed by atoms with E-state index in [1.54, 1.807) is 20.8 Å². The lowest BCUT2D eigenvalue weighted by atomic mass is 10.1. The molecule has 110 valence electrons. The second-order valence-electron chi connectivity index (χ2n) is 5.22. The summed E-state index contributed by atoms with van der Waals surface area (Å²) < 4.78 is 13.0. The first-order valence-corrected chi connectivity index (χ1v) is 6.96. The fraction of sp³-hybridized carbons (Fsp3) is 0.385. The summed E-state index contributed by atoms with van der Waals surface area (Å²) in [6.45, 7) is 5.41. The third-order valence-electron chi connectivity index (χ3n) is 2.08. The van der Waals surface area contributed by atoms with Gasteiger partial charge in [-0.3, -0.25) is 10.1 Å². The van der Waals surface area contributed by atoms with Crippen molar-refractivity contribution in [3.8, 4) is 0 Å². The van der Waals surface area contributed by atoms with E-state index in [0.717, 1.165) is 11.8 Å². The Labute approximate surface area is 121 Å². The number of nitrogen functional groups attached to an aromatic ring is 1. The highest BCUT2D eigenvalue weighted by atomic mass is 32.2. The number of rotatable bonds is 3. The van der Waals surface area contributed by atoms with E-state index in [4.69, 9.17) is 5.73 Å². The summed E-state index contributed by atoms with van der Waals surface area (Å²) in [5.41, 5.74) is 5.63. The van der Waals surface area contributed by atoms with Gasteiger partial charge >= 0.3 is 6.03 Å². The molecule has 1 aromatic rings. The van der Waals surface area contributed by atoms with Crippen LogP contribution in [0.2, 0.25) is 0 Å². The molecule has 4 N–H and O–H groups in total. The summed E-state index contributed by atoms with van der Waals surface area (Å²) >= 11 is 1.07. The molecule has 0 saturated carbocycles. The first-order chi connectivity index (χ1) is 9.17. The molecule has 1 aromatic carbocycles. The number of anilines is 1. The van der Waals surface area contributed by atoms with Gasteiger partial charge in [-0.25, -0.2) is 9.18 Å². The summed E-state index contributed by atoms with van der Waals surface area (Å²) in [6, 6.07) is 3.37. The van der Waals surface area contributed by atoms with Crippen LogP contribution < -0.4 is 16.4 Å². The van der Waals surface area contributed by atoms with Gasteiger partial charge in [0.05, 0.1) is 5.75 Å². The van der Waals surface area contributed by atoms with Gasteiger partial charge < -0.3 is 11.1 Å². The number of carbonyl (C=O) groups excluding carboxylic acids is 2. The van der Waals surface area contributed by atoms with Crippen molar-refractivity contribution in [1.82, 2.24) is 10.6 Å². The molecule has 0 aromatic heterocycles. The van der Waals surface area contributed by atoms with E-state index in [1.807, 2.05) is 0 Å². The van der Waals surface area contributed by atoms with Crippen molar-refractivity contribution < 1.29 is 14.0 Å². The second kappa shape index (κ2) is 6.60. The van der Waals surface area contributed by atoms with Gasteiger partial charge in [0, 0.05) is 16.1 Å². The third kappa shape index (κ3) is 5.92. The van der Waals surface area contributed by atoms with E-state index in [1.165, 1.54) is 18.2 Å². The number of halogens is 1. The van der Waals surface area contributed by atoms with Crippen LogP contribution in [0.15, 0.2) is 23.1 Å². The molecule has 20 heavy (non-hydrogen) atoms. The quantitative estimate of drug-likeness (QED) is 0.589. The van der Waals surface area contributed by atoms with Gasteiger partial charge in [-0.2, -0.15) is 0 Å². The van der Waals surface area contributed by atoms with Crippen molar-refractivity contribution in [3.05, 3.63) is 24.0 Å². The lowest BCUT2D eigenvalue weighted by Gasteiger charge is -2.20. The number of thioether (sulfide) groups is 1. The fourth-order valence-electron chi connectivity index (χ4n) is 1.31. The standard InChI is InChI=1S/C13H18FN3O2S/c1-13(2,3)17-12(19)16-11(18)7-20-10-6-8(14)4-5-9(10)15/h4-6H,7,15H2,1-3H3,(H2,16,17,18,19). The van der Waals surface area contributed by atoms with Crippen LogP contribution in [-0.4, -0.2) is 23.2 Å². The number of hydrogen-bond acceptors (Lipinski definition) is 4. The predicted molar refractivity (Wildman–Crippen MR) is 78.0 cm³/mol. The molecule has 0 fully saturated rings. The monoisotopic (exact) mass is 299 g/mol. The number of imide groups is 1. The molecule has 0 radical (unpaired) electrons. The Hall–Kier alpha value is -1.76. The molecule has 5 nitrogen and oxygen atoms in total.